The van der Waals surface area contributed by atoms with Gasteiger partial charge in [-0.25, -0.2) is 4.98 Å². The summed E-state index contributed by atoms with van der Waals surface area (Å²) in [5, 5.41) is 0. The van der Waals surface area contributed by atoms with Gasteiger partial charge in [-0.3, -0.25) is 0 Å². The van der Waals surface area contributed by atoms with Gasteiger partial charge in [-0.05, 0) is 18.6 Å². The first-order valence-electron chi connectivity index (χ1n) is 3.68. The molecule has 0 spiro atoms. The molecule has 4 nitrogen and oxygen atoms in total. The Bertz CT molecular complexity index is 355. The van der Waals surface area contributed by atoms with Crippen LogP contribution in [0.15, 0.2) is 0 Å². The van der Waals surface area contributed by atoms with E-state index in [1.807, 2.05) is 6.92 Å². The van der Waals surface area contributed by atoms with E-state index in [-0.39, 0.29) is 0 Å². The number of aromatic nitrogens is 2. The van der Waals surface area contributed by atoms with Crippen molar-refractivity contribution in [2.45, 2.75) is 13.3 Å². The topological polar surface area (TPSA) is 69.9 Å². The number of hydrogen-bond donors (Lipinski definition) is 2. The second-order valence-corrected chi connectivity index (χ2v) is 2.92. The Kier molecular flexibility index (Phi) is 2.32. The highest BCUT2D eigenvalue weighted by Crippen LogP contribution is 2.16. The smallest absolute Gasteiger partial charge is 0.202 e. The molecular formula is C7H12N4S. The van der Waals surface area contributed by atoms with Gasteiger partial charge >= 0.3 is 0 Å². The van der Waals surface area contributed by atoms with E-state index in [4.69, 9.17) is 23.7 Å². The van der Waals surface area contributed by atoms with E-state index in [9.17, 15) is 0 Å². The third-order valence-corrected chi connectivity index (χ3v) is 2.20. The third-order valence-electron chi connectivity index (χ3n) is 1.84. The van der Waals surface area contributed by atoms with Crippen LogP contribution in [-0.4, -0.2) is 9.55 Å². The van der Waals surface area contributed by atoms with Gasteiger partial charge in [-0.1, -0.05) is 6.92 Å². The lowest BCUT2D eigenvalue weighted by atomic mass is 10.2. The standard InChI is InChI=1S/C7H12N4S/c1-3-4-5(8)10-7(12)11(2)6(4)9/h3,9H2,1-2H3,(H2,8,10,12). The van der Waals surface area contributed by atoms with Crippen molar-refractivity contribution in [2.75, 3.05) is 11.5 Å². The molecule has 1 aromatic rings. The number of anilines is 2. The zero-order valence-electron chi connectivity index (χ0n) is 7.16. The van der Waals surface area contributed by atoms with E-state index in [1.165, 1.54) is 0 Å². The van der Waals surface area contributed by atoms with E-state index in [1.54, 1.807) is 11.6 Å². The van der Waals surface area contributed by atoms with Gasteiger partial charge in [0.2, 0.25) is 4.77 Å². The van der Waals surface area contributed by atoms with Crippen molar-refractivity contribution in [3.63, 3.8) is 0 Å². The fourth-order valence-electron chi connectivity index (χ4n) is 1.04. The van der Waals surface area contributed by atoms with Crippen molar-refractivity contribution in [2.24, 2.45) is 7.05 Å². The second kappa shape index (κ2) is 3.10. The van der Waals surface area contributed by atoms with Gasteiger partial charge in [0.25, 0.3) is 0 Å². The van der Waals surface area contributed by atoms with Gasteiger partial charge < -0.3 is 16.0 Å². The highest BCUT2D eigenvalue weighted by molar-refractivity contribution is 7.71. The molecule has 0 bridgehead atoms. The molecule has 0 radical (unpaired) electrons. The summed E-state index contributed by atoms with van der Waals surface area (Å²) in [7, 11) is 1.78. The summed E-state index contributed by atoms with van der Waals surface area (Å²) in [6.45, 7) is 1.98. The molecule has 4 N–H and O–H groups in total. The molecule has 66 valence electrons. The SMILES string of the molecule is CCc1c(N)nc(=S)n(C)c1N. The summed E-state index contributed by atoms with van der Waals surface area (Å²) in [5.74, 6) is 1.05. The van der Waals surface area contributed by atoms with Crippen LogP contribution >= 0.6 is 12.2 Å². The van der Waals surface area contributed by atoms with Crippen LogP contribution in [0, 0.1) is 4.77 Å². The first-order valence-corrected chi connectivity index (χ1v) is 4.09. The lowest BCUT2D eigenvalue weighted by Crippen LogP contribution is -2.11. The highest BCUT2D eigenvalue weighted by Gasteiger charge is 2.05. The molecule has 12 heavy (non-hydrogen) atoms. The zero-order chi connectivity index (χ0) is 9.30. The van der Waals surface area contributed by atoms with Crippen LogP contribution in [-0.2, 0) is 13.5 Å². The average molecular weight is 184 g/mol. The molecule has 0 aliphatic rings. The third kappa shape index (κ3) is 1.27. The molecule has 0 aromatic carbocycles. The van der Waals surface area contributed by atoms with Gasteiger partial charge in [-0.15, -0.1) is 0 Å². The number of nitrogens with two attached hydrogens (primary N) is 2. The summed E-state index contributed by atoms with van der Waals surface area (Å²) in [6.07, 6.45) is 0.772. The minimum Gasteiger partial charge on any atom is -0.385 e. The Hall–Kier alpha value is -1.10. The minimum atomic E-state index is 0.419. The van der Waals surface area contributed by atoms with Gasteiger partial charge in [0.1, 0.15) is 11.6 Å². The molecule has 1 rings (SSSR count). The molecule has 0 atom stereocenters. The monoisotopic (exact) mass is 184 g/mol. The van der Waals surface area contributed by atoms with Gasteiger partial charge in [0.05, 0.1) is 0 Å². The molecule has 0 fully saturated rings. The Balaban J connectivity index is 3.51. The van der Waals surface area contributed by atoms with Crippen LogP contribution in [0.25, 0.3) is 0 Å². The van der Waals surface area contributed by atoms with Crippen molar-refractivity contribution in [3.8, 4) is 0 Å². The fraction of sp³-hybridized carbons (Fsp3) is 0.429. The Morgan fingerprint density at radius 3 is 2.58 bits per heavy atom. The number of hydrogen-bond acceptors (Lipinski definition) is 4. The Morgan fingerprint density at radius 1 is 1.50 bits per heavy atom. The fourth-order valence-corrected chi connectivity index (χ4v) is 1.24. The van der Waals surface area contributed by atoms with Crippen LogP contribution < -0.4 is 11.5 Å². The zero-order valence-corrected chi connectivity index (χ0v) is 7.98. The van der Waals surface area contributed by atoms with E-state index in [0.717, 1.165) is 12.0 Å². The molecule has 0 saturated heterocycles. The number of nitrogen functional groups attached to an aromatic ring is 2. The van der Waals surface area contributed by atoms with Crippen LogP contribution in [0.1, 0.15) is 12.5 Å². The van der Waals surface area contributed by atoms with Crippen molar-refractivity contribution < 1.29 is 0 Å². The lowest BCUT2D eigenvalue weighted by Gasteiger charge is -2.10. The summed E-state index contributed by atoms with van der Waals surface area (Å²) in [4.78, 5) is 3.98. The first-order chi connectivity index (χ1) is 5.57. The molecule has 0 saturated carbocycles. The van der Waals surface area contributed by atoms with Crippen LogP contribution in [0.5, 0.6) is 0 Å². The van der Waals surface area contributed by atoms with Crippen molar-refractivity contribution in [3.05, 3.63) is 10.3 Å². The first kappa shape index (κ1) is 8.99. The van der Waals surface area contributed by atoms with Crippen molar-refractivity contribution >= 4 is 23.9 Å². The lowest BCUT2D eigenvalue weighted by molar-refractivity contribution is 0.842. The molecule has 5 heteroatoms. The molecule has 1 heterocycles. The molecule has 1 aromatic heterocycles. The maximum atomic E-state index is 5.77. The quantitative estimate of drug-likeness (QED) is 0.635. The summed E-state index contributed by atoms with van der Waals surface area (Å²) in [5.41, 5.74) is 12.3. The van der Waals surface area contributed by atoms with Crippen LogP contribution in [0.3, 0.4) is 0 Å². The predicted molar refractivity (Wildman–Crippen MR) is 52.2 cm³/mol. The summed E-state index contributed by atoms with van der Waals surface area (Å²) in [6, 6.07) is 0. The average Bonchev–Trinajstić information content (AvgIpc) is 2.01. The second-order valence-electron chi connectivity index (χ2n) is 2.56. The predicted octanol–water partition coefficient (Wildman–Crippen LogP) is 0.876. The van der Waals surface area contributed by atoms with E-state index < -0.39 is 0 Å². The van der Waals surface area contributed by atoms with Crippen molar-refractivity contribution in [1.29, 1.82) is 0 Å². The number of rotatable bonds is 1. The molecule has 0 amide bonds. The van der Waals surface area contributed by atoms with E-state index >= 15 is 0 Å². The van der Waals surface area contributed by atoms with Crippen LogP contribution in [0.2, 0.25) is 0 Å². The minimum absolute atomic E-state index is 0.419. The molecule has 0 aliphatic heterocycles. The van der Waals surface area contributed by atoms with Gasteiger partial charge in [0.15, 0.2) is 0 Å². The molecule has 0 unspecified atom stereocenters. The van der Waals surface area contributed by atoms with Gasteiger partial charge in [0, 0.05) is 12.6 Å². The summed E-state index contributed by atoms with van der Waals surface area (Å²) >= 11 is 4.93. The Morgan fingerprint density at radius 2 is 2.08 bits per heavy atom. The number of nitrogens with zero attached hydrogens (tertiary/aromatic N) is 2. The van der Waals surface area contributed by atoms with Crippen molar-refractivity contribution in [1.82, 2.24) is 9.55 Å². The normalized spacial score (nSPS) is 10.2. The molecular weight excluding hydrogens is 172 g/mol. The summed E-state index contributed by atoms with van der Waals surface area (Å²) < 4.78 is 2.08. The maximum absolute atomic E-state index is 5.77. The van der Waals surface area contributed by atoms with E-state index in [0.29, 0.717) is 16.4 Å². The molecule has 0 aliphatic carbocycles. The van der Waals surface area contributed by atoms with E-state index in [2.05, 4.69) is 4.98 Å². The Labute approximate surface area is 76.2 Å². The van der Waals surface area contributed by atoms with Crippen LogP contribution in [0.4, 0.5) is 11.6 Å². The maximum Gasteiger partial charge on any atom is 0.202 e. The van der Waals surface area contributed by atoms with Gasteiger partial charge in [-0.2, -0.15) is 0 Å². The largest absolute Gasteiger partial charge is 0.385 e. The highest BCUT2D eigenvalue weighted by atomic mass is 32.1.